The quantitative estimate of drug-likeness (QED) is 0.655. The van der Waals surface area contributed by atoms with Gasteiger partial charge in [0.25, 0.3) is 0 Å². The Morgan fingerprint density at radius 1 is 1.46 bits per heavy atom. The van der Waals surface area contributed by atoms with Crippen LogP contribution in [0.25, 0.3) is 0 Å². The third kappa shape index (κ3) is 2.71. The van der Waals surface area contributed by atoms with Gasteiger partial charge >= 0.3 is 0 Å². The van der Waals surface area contributed by atoms with Crippen molar-refractivity contribution in [1.82, 2.24) is 4.90 Å². The molecule has 0 heterocycles. The van der Waals surface area contributed by atoms with Gasteiger partial charge in [-0.05, 0) is 25.7 Å². The van der Waals surface area contributed by atoms with E-state index in [-0.39, 0.29) is 5.92 Å². The molecular weight excluding hydrogens is 162 g/mol. The van der Waals surface area contributed by atoms with Crippen LogP contribution < -0.4 is 0 Å². The second-order valence-electron chi connectivity index (χ2n) is 4.33. The zero-order valence-corrected chi connectivity index (χ0v) is 9.05. The number of rotatable bonds is 4. The van der Waals surface area contributed by atoms with E-state index in [0.717, 1.165) is 19.0 Å². The van der Waals surface area contributed by atoms with Gasteiger partial charge in [-0.25, -0.2) is 0 Å². The van der Waals surface area contributed by atoms with E-state index in [1.165, 1.54) is 19.3 Å². The van der Waals surface area contributed by atoms with E-state index in [4.69, 9.17) is 0 Å². The first-order chi connectivity index (χ1) is 6.15. The lowest BCUT2D eigenvalue weighted by atomic mass is 9.85. The number of hydrogen-bond donors (Lipinski definition) is 0. The average Bonchev–Trinajstić information content (AvgIpc) is 2.02. The standard InChI is InChI=1S/C11H21NO/c1-4-12(11(13)9(2)3)8-10-6-5-7-10/h9-10H,4-8H2,1-3H3. The lowest BCUT2D eigenvalue weighted by molar-refractivity contribution is -0.135. The van der Waals surface area contributed by atoms with E-state index >= 15 is 0 Å². The summed E-state index contributed by atoms with van der Waals surface area (Å²) in [6, 6.07) is 0. The highest BCUT2D eigenvalue weighted by Crippen LogP contribution is 2.27. The predicted molar refractivity (Wildman–Crippen MR) is 54.4 cm³/mol. The molecule has 0 saturated heterocycles. The summed E-state index contributed by atoms with van der Waals surface area (Å²) in [5.74, 6) is 1.26. The second-order valence-corrected chi connectivity index (χ2v) is 4.33. The molecule has 0 atom stereocenters. The molecule has 1 fully saturated rings. The highest BCUT2D eigenvalue weighted by atomic mass is 16.2. The first-order valence-electron chi connectivity index (χ1n) is 5.44. The number of carbonyl (C=O) groups is 1. The SMILES string of the molecule is CCN(CC1CCC1)C(=O)C(C)C. The molecule has 1 aliphatic carbocycles. The summed E-state index contributed by atoms with van der Waals surface area (Å²) in [5.41, 5.74) is 0. The van der Waals surface area contributed by atoms with Crippen molar-refractivity contribution in [2.24, 2.45) is 11.8 Å². The fourth-order valence-electron chi connectivity index (χ4n) is 1.73. The zero-order valence-electron chi connectivity index (χ0n) is 9.05. The van der Waals surface area contributed by atoms with E-state index in [1.54, 1.807) is 0 Å². The Morgan fingerprint density at radius 2 is 2.08 bits per heavy atom. The molecule has 13 heavy (non-hydrogen) atoms. The molecule has 1 amide bonds. The van der Waals surface area contributed by atoms with E-state index in [2.05, 4.69) is 6.92 Å². The van der Waals surface area contributed by atoms with Crippen molar-refractivity contribution in [3.8, 4) is 0 Å². The highest BCUT2D eigenvalue weighted by molar-refractivity contribution is 5.78. The minimum atomic E-state index is 0.153. The summed E-state index contributed by atoms with van der Waals surface area (Å²) in [4.78, 5) is 13.7. The minimum absolute atomic E-state index is 0.153. The Bertz CT molecular complexity index is 173. The van der Waals surface area contributed by atoms with Crippen LogP contribution in [0, 0.1) is 11.8 Å². The maximum atomic E-state index is 11.7. The zero-order chi connectivity index (χ0) is 9.84. The molecule has 76 valence electrons. The van der Waals surface area contributed by atoms with Gasteiger partial charge in [-0.3, -0.25) is 4.79 Å². The van der Waals surface area contributed by atoms with Crippen LogP contribution in [-0.2, 0) is 4.79 Å². The molecule has 0 aromatic carbocycles. The first-order valence-corrected chi connectivity index (χ1v) is 5.44. The van der Waals surface area contributed by atoms with Gasteiger partial charge in [0.2, 0.25) is 5.91 Å². The van der Waals surface area contributed by atoms with Gasteiger partial charge < -0.3 is 4.90 Å². The Labute approximate surface area is 81.3 Å². The molecule has 1 saturated carbocycles. The van der Waals surface area contributed by atoms with Crippen molar-refractivity contribution >= 4 is 5.91 Å². The van der Waals surface area contributed by atoms with Crippen LogP contribution in [0.5, 0.6) is 0 Å². The number of carbonyl (C=O) groups excluding carboxylic acids is 1. The summed E-state index contributed by atoms with van der Waals surface area (Å²) in [6.07, 6.45) is 4.00. The smallest absolute Gasteiger partial charge is 0.225 e. The Kier molecular flexibility index (Phi) is 3.76. The first kappa shape index (κ1) is 10.6. The van der Waals surface area contributed by atoms with Crippen LogP contribution in [0.15, 0.2) is 0 Å². The Balaban J connectivity index is 2.36. The largest absolute Gasteiger partial charge is 0.342 e. The molecule has 0 bridgehead atoms. The van der Waals surface area contributed by atoms with E-state index in [1.807, 2.05) is 18.7 Å². The molecule has 0 aromatic rings. The van der Waals surface area contributed by atoms with Crippen molar-refractivity contribution in [3.05, 3.63) is 0 Å². The number of amides is 1. The summed E-state index contributed by atoms with van der Waals surface area (Å²) in [7, 11) is 0. The molecule has 0 radical (unpaired) electrons. The topological polar surface area (TPSA) is 20.3 Å². The molecule has 0 unspecified atom stereocenters. The van der Waals surface area contributed by atoms with Crippen molar-refractivity contribution in [2.45, 2.75) is 40.0 Å². The lowest BCUT2D eigenvalue weighted by Gasteiger charge is -2.32. The molecule has 1 rings (SSSR count). The molecule has 0 aliphatic heterocycles. The number of hydrogen-bond acceptors (Lipinski definition) is 1. The van der Waals surface area contributed by atoms with Crippen LogP contribution in [0.3, 0.4) is 0 Å². The van der Waals surface area contributed by atoms with Crippen LogP contribution in [0.4, 0.5) is 0 Å². The molecule has 0 N–H and O–H groups in total. The van der Waals surface area contributed by atoms with Crippen LogP contribution >= 0.6 is 0 Å². The molecule has 0 spiro atoms. The maximum Gasteiger partial charge on any atom is 0.225 e. The normalized spacial score (nSPS) is 17.2. The van der Waals surface area contributed by atoms with Gasteiger partial charge in [-0.2, -0.15) is 0 Å². The van der Waals surface area contributed by atoms with Crippen LogP contribution in [0.2, 0.25) is 0 Å². The van der Waals surface area contributed by atoms with Gasteiger partial charge in [0, 0.05) is 19.0 Å². The number of nitrogens with zero attached hydrogens (tertiary/aromatic N) is 1. The summed E-state index contributed by atoms with van der Waals surface area (Å²) in [5, 5.41) is 0. The maximum absolute atomic E-state index is 11.7. The Morgan fingerprint density at radius 3 is 2.38 bits per heavy atom. The monoisotopic (exact) mass is 183 g/mol. The van der Waals surface area contributed by atoms with Crippen LogP contribution in [0.1, 0.15) is 40.0 Å². The van der Waals surface area contributed by atoms with Gasteiger partial charge in [0.15, 0.2) is 0 Å². The summed E-state index contributed by atoms with van der Waals surface area (Å²) >= 11 is 0. The molecular formula is C11H21NO. The van der Waals surface area contributed by atoms with Crippen molar-refractivity contribution in [2.75, 3.05) is 13.1 Å². The Hall–Kier alpha value is -0.530. The van der Waals surface area contributed by atoms with Crippen molar-refractivity contribution in [1.29, 1.82) is 0 Å². The molecule has 2 nitrogen and oxygen atoms in total. The minimum Gasteiger partial charge on any atom is -0.342 e. The third-order valence-electron chi connectivity index (χ3n) is 2.89. The molecule has 2 heteroatoms. The van der Waals surface area contributed by atoms with E-state index in [9.17, 15) is 4.79 Å². The molecule has 0 aromatic heterocycles. The van der Waals surface area contributed by atoms with Crippen molar-refractivity contribution in [3.63, 3.8) is 0 Å². The fourth-order valence-corrected chi connectivity index (χ4v) is 1.73. The summed E-state index contributed by atoms with van der Waals surface area (Å²) < 4.78 is 0. The van der Waals surface area contributed by atoms with Gasteiger partial charge in [0.1, 0.15) is 0 Å². The van der Waals surface area contributed by atoms with Crippen LogP contribution in [-0.4, -0.2) is 23.9 Å². The van der Waals surface area contributed by atoms with Gasteiger partial charge in [-0.15, -0.1) is 0 Å². The third-order valence-corrected chi connectivity index (χ3v) is 2.89. The van der Waals surface area contributed by atoms with Gasteiger partial charge in [0.05, 0.1) is 0 Å². The van der Waals surface area contributed by atoms with E-state index in [0.29, 0.717) is 5.91 Å². The van der Waals surface area contributed by atoms with Crippen molar-refractivity contribution < 1.29 is 4.79 Å². The summed E-state index contributed by atoms with van der Waals surface area (Å²) in [6.45, 7) is 7.89. The molecule has 1 aliphatic rings. The highest BCUT2D eigenvalue weighted by Gasteiger charge is 2.23. The van der Waals surface area contributed by atoms with Gasteiger partial charge in [-0.1, -0.05) is 20.3 Å². The average molecular weight is 183 g/mol. The lowest BCUT2D eigenvalue weighted by Crippen LogP contribution is -2.39. The second kappa shape index (κ2) is 4.64. The van der Waals surface area contributed by atoms with E-state index < -0.39 is 0 Å². The predicted octanol–water partition coefficient (Wildman–Crippen LogP) is 2.29. The fraction of sp³-hybridized carbons (Fsp3) is 0.909.